The van der Waals surface area contributed by atoms with Gasteiger partial charge in [0.25, 0.3) is 0 Å². The number of guanidine groups is 1. The lowest BCUT2D eigenvalue weighted by atomic mass is 9.49. The van der Waals surface area contributed by atoms with Crippen molar-refractivity contribution in [1.29, 1.82) is 0 Å². The number of rotatable bonds is 3. The highest BCUT2D eigenvalue weighted by Crippen LogP contribution is 2.60. The predicted molar refractivity (Wildman–Crippen MR) is 128 cm³/mol. The van der Waals surface area contributed by atoms with Gasteiger partial charge in [-0.2, -0.15) is 0 Å². The number of carbonyl (C=O) groups excluding carboxylic acids is 1. The molecule has 0 unspecified atom stereocenters. The maximum absolute atomic E-state index is 14.5. The van der Waals surface area contributed by atoms with Gasteiger partial charge in [-0.05, 0) is 100 Å². The second kappa shape index (κ2) is 8.93. The van der Waals surface area contributed by atoms with Crippen LogP contribution in [0.25, 0.3) is 0 Å². The van der Waals surface area contributed by atoms with E-state index in [-0.39, 0.29) is 32.2 Å². The Kier molecular flexibility index (Phi) is 6.25. The number of nitrogens with one attached hydrogen (secondary N) is 2. The summed E-state index contributed by atoms with van der Waals surface area (Å²) in [6, 6.07) is 3.43. The molecule has 0 spiro atoms. The second-order valence-corrected chi connectivity index (χ2v) is 11.4. The fourth-order valence-corrected chi connectivity index (χ4v) is 7.25. The van der Waals surface area contributed by atoms with E-state index in [1.54, 1.807) is 0 Å². The Balaban J connectivity index is 1.51. The summed E-state index contributed by atoms with van der Waals surface area (Å²) in [6.07, 6.45) is 5.78. The molecular formula is C24H21Br2F4N3O. The third-order valence-electron chi connectivity index (χ3n) is 7.21. The van der Waals surface area contributed by atoms with E-state index in [0.717, 1.165) is 50.7 Å². The summed E-state index contributed by atoms with van der Waals surface area (Å²) in [4.78, 5) is 17.7. The Bertz CT molecular complexity index is 1120. The van der Waals surface area contributed by atoms with Crippen molar-refractivity contribution in [2.45, 2.75) is 38.5 Å². The molecule has 0 atom stereocenters. The minimum Gasteiger partial charge on any atom is -0.322 e. The van der Waals surface area contributed by atoms with Crippen LogP contribution in [-0.2, 0) is 4.79 Å². The zero-order valence-electron chi connectivity index (χ0n) is 17.9. The van der Waals surface area contributed by atoms with Gasteiger partial charge < -0.3 is 5.32 Å². The summed E-state index contributed by atoms with van der Waals surface area (Å²) in [6.45, 7) is 0. The van der Waals surface area contributed by atoms with Crippen LogP contribution in [0.15, 0.2) is 38.2 Å². The van der Waals surface area contributed by atoms with Crippen LogP contribution in [0, 0.1) is 46.4 Å². The first-order valence-electron chi connectivity index (χ1n) is 11.1. The first-order chi connectivity index (χ1) is 16.1. The number of benzene rings is 2. The minimum absolute atomic E-state index is 0.0204. The normalized spacial score (nSPS) is 27.7. The lowest BCUT2D eigenvalue weighted by Gasteiger charge is -2.55. The number of hydrogen-bond donors (Lipinski definition) is 2. The van der Waals surface area contributed by atoms with Crippen molar-refractivity contribution in [2.24, 2.45) is 28.2 Å². The Labute approximate surface area is 210 Å². The molecule has 180 valence electrons. The molecular weight excluding hydrogens is 582 g/mol. The Morgan fingerprint density at radius 2 is 1.38 bits per heavy atom. The van der Waals surface area contributed by atoms with Gasteiger partial charge in [0.2, 0.25) is 11.9 Å². The highest BCUT2D eigenvalue weighted by atomic mass is 79.9. The van der Waals surface area contributed by atoms with Gasteiger partial charge in [0.15, 0.2) is 11.6 Å². The van der Waals surface area contributed by atoms with Crippen molar-refractivity contribution in [3.8, 4) is 0 Å². The molecule has 4 saturated carbocycles. The molecule has 4 aliphatic carbocycles. The molecule has 34 heavy (non-hydrogen) atoms. The van der Waals surface area contributed by atoms with E-state index in [2.05, 4.69) is 47.5 Å². The van der Waals surface area contributed by atoms with Crippen molar-refractivity contribution < 1.29 is 22.4 Å². The van der Waals surface area contributed by atoms with Crippen molar-refractivity contribution in [3.05, 3.63) is 56.5 Å². The molecule has 2 N–H and O–H groups in total. The molecule has 1 amide bonds. The van der Waals surface area contributed by atoms with Crippen molar-refractivity contribution >= 4 is 55.1 Å². The van der Waals surface area contributed by atoms with Gasteiger partial charge in [0.05, 0.1) is 11.1 Å². The number of carbonyl (C=O) groups is 1. The smallest absolute Gasteiger partial charge is 0.232 e. The third-order valence-corrected chi connectivity index (χ3v) is 8.44. The van der Waals surface area contributed by atoms with E-state index >= 15 is 0 Å². The molecule has 4 fully saturated rings. The standard InChI is InChI=1S/C24H21Br2F4N3O/c25-16-4-14(27)6-18(29)20(16)31-23(32-21-17(26)5-15(28)7-19(21)30)33-22(34)24-8-11-1-12(9-24)3-13(2-11)10-24/h4-7,11-13H,1-3,8-10H2,(H2,31,32,33,34). The summed E-state index contributed by atoms with van der Waals surface area (Å²) in [7, 11) is 0. The average Bonchev–Trinajstić information content (AvgIpc) is 2.71. The number of amides is 1. The van der Waals surface area contributed by atoms with Gasteiger partial charge in [0.1, 0.15) is 17.3 Å². The van der Waals surface area contributed by atoms with Gasteiger partial charge in [-0.25, -0.2) is 22.6 Å². The largest absolute Gasteiger partial charge is 0.322 e. The van der Waals surface area contributed by atoms with E-state index in [0.29, 0.717) is 29.9 Å². The van der Waals surface area contributed by atoms with Crippen LogP contribution >= 0.6 is 31.9 Å². The predicted octanol–water partition coefficient (Wildman–Crippen LogP) is 7.20. The first-order valence-corrected chi connectivity index (χ1v) is 12.7. The van der Waals surface area contributed by atoms with Crippen LogP contribution in [0.5, 0.6) is 0 Å². The molecule has 4 aliphatic rings. The zero-order valence-corrected chi connectivity index (χ0v) is 21.1. The topological polar surface area (TPSA) is 53.5 Å². The van der Waals surface area contributed by atoms with Crippen LogP contribution in [0.2, 0.25) is 0 Å². The SMILES string of the molecule is O=C(N/C(=N\c1c(F)cc(F)cc1Br)Nc1c(F)cc(F)cc1Br)C12CC3CC(CC(C3)C1)C2. The van der Waals surface area contributed by atoms with Crippen LogP contribution in [0.3, 0.4) is 0 Å². The van der Waals surface area contributed by atoms with Gasteiger partial charge >= 0.3 is 0 Å². The fourth-order valence-electron chi connectivity index (χ4n) is 6.25. The Morgan fingerprint density at radius 1 is 0.853 bits per heavy atom. The maximum atomic E-state index is 14.5. The van der Waals surface area contributed by atoms with Crippen LogP contribution in [0.4, 0.5) is 28.9 Å². The molecule has 0 radical (unpaired) electrons. The van der Waals surface area contributed by atoms with E-state index in [9.17, 15) is 22.4 Å². The molecule has 2 aromatic rings. The van der Waals surface area contributed by atoms with E-state index < -0.39 is 28.7 Å². The summed E-state index contributed by atoms with van der Waals surface area (Å²) in [5.74, 6) is -2.45. The molecule has 6 rings (SSSR count). The summed E-state index contributed by atoms with van der Waals surface area (Å²) >= 11 is 6.19. The molecule has 0 aromatic heterocycles. The summed E-state index contributed by atoms with van der Waals surface area (Å²) in [5, 5.41) is 5.42. The molecule has 0 saturated heterocycles. The highest BCUT2D eigenvalue weighted by molar-refractivity contribution is 9.11. The highest BCUT2D eigenvalue weighted by Gasteiger charge is 2.54. The number of aliphatic imine (C=N–C) groups is 1. The summed E-state index contributed by atoms with van der Waals surface area (Å²) < 4.78 is 56.3. The van der Waals surface area contributed by atoms with Gasteiger partial charge in [-0.1, -0.05) is 0 Å². The number of hydrogen-bond acceptors (Lipinski definition) is 2. The Hall–Kier alpha value is -1.94. The minimum atomic E-state index is -0.964. The quantitative estimate of drug-likeness (QED) is 0.222. The molecule has 2 aromatic carbocycles. The lowest BCUT2D eigenvalue weighted by molar-refractivity contribution is -0.144. The average molecular weight is 603 g/mol. The van der Waals surface area contributed by atoms with Crippen molar-refractivity contribution in [1.82, 2.24) is 5.32 Å². The molecule has 4 nitrogen and oxygen atoms in total. The maximum Gasteiger partial charge on any atom is 0.232 e. The monoisotopic (exact) mass is 601 g/mol. The number of anilines is 1. The van der Waals surface area contributed by atoms with E-state index in [1.165, 1.54) is 0 Å². The van der Waals surface area contributed by atoms with Crippen LogP contribution < -0.4 is 10.6 Å². The van der Waals surface area contributed by atoms with E-state index in [4.69, 9.17) is 0 Å². The molecule has 4 bridgehead atoms. The van der Waals surface area contributed by atoms with Gasteiger partial charge in [-0.3, -0.25) is 10.1 Å². The van der Waals surface area contributed by atoms with Crippen LogP contribution in [0.1, 0.15) is 38.5 Å². The van der Waals surface area contributed by atoms with E-state index in [1.807, 2.05) is 0 Å². The number of halogens is 6. The van der Waals surface area contributed by atoms with Gasteiger partial charge in [-0.15, -0.1) is 0 Å². The molecule has 0 heterocycles. The van der Waals surface area contributed by atoms with Crippen molar-refractivity contribution in [3.63, 3.8) is 0 Å². The van der Waals surface area contributed by atoms with Gasteiger partial charge in [0, 0.05) is 21.1 Å². The Morgan fingerprint density at radius 3 is 1.91 bits per heavy atom. The molecule has 0 aliphatic heterocycles. The number of nitrogens with zero attached hydrogens (tertiary/aromatic N) is 1. The fraction of sp³-hybridized carbons (Fsp3) is 0.417. The lowest BCUT2D eigenvalue weighted by Crippen LogP contribution is -2.55. The molecule has 10 heteroatoms. The van der Waals surface area contributed by atoms with Crippen molar-refractivity contribution in [2.75, 3.05) is 5.32 Å². The zero-order chi connectivity index (χ0) is 24.2. The van der Waals surface area contributed by atoms with Crippen LogP contribution in [-0.4, -0.2) is 11.9 Å². The second-order valence-electron chi connectivity index (χ2n) is 9.70. The summed E-state index contributed by atoms with van der Waals surface area (Å²) in [5.41, 5.74) is -0.994. The third kappa shape index (κ3) is 4.51. The first kappa shape index (κ1) is 23.8.